The minimum absolute atomic E-state index is 0.110. The highest BCUT2D eigenvalue weighted by atomic mass is 16.2. The lowest BCUT2D eigenvalue weighted by atomic mass is 10.0. The summed E-state index contributed by atoms with van der Waals surface area (Å²) < 4.78 is 0. The molecule has 1 aliphatic heterocycles. The SMILES string of the molecule is CN(CCCNC(=O)CN1CCCc2ccccc21)c1ccccc1. The summed E-state index contributed by atoms with van der Waals surface area (Å²) in [7, 11) is 2.09. The van der Waals surface area contributed by atoms with Crippen LogP contribution in [0.15, 0.2) is 54.6 Å². The molecular weight excluding hydrogens is 310 g/mol. The van der Waals surface area contributed by atoms with Crippen LogP contribution in [-0.4, -0.2) is 39.1 Å². The molecule has 1 heterocycles. The normalized spacial score (nSPS) is 13.2. The van der Waals surface area contributed by atoms with Gasteiger partial charge in [-0.1, -0.05) is 36.4 Å². The van der Waals surface area contributed by atoms with E-state index >= 15 is 0 Å². The van der Waals surface area contributed by atoms with E-state index in [1.54, 1.807) is 0 Å². The molecule has 3 rings (SSSR count). The highest BCUT2D eigenvalue weighted by Gasteiger charge is 2.18. The van der Waals surface area contributed by atoms with Crippen LogP contribution >= 0.6 is 0 Å². The molecule has 4 nitrogen and oxygen atoms in total. The van der Waals surface area contributed by atoms with Crippen molar-refractivity contribution in [1.82, 2.24) is 5.32 Å². The molecule has 1 N–H and O–H groups in total. The molecule has 0 aliphatic carbocycles. The van der Waals surface area contributed by atoms with Gasteiger partial charge in [-0.05, 0) is 43.0 Å². The molecule has 0 saturated heterocycles. The first-order valence-electron chi connectivity index (χ1n) is 9.10. The maximum atomic E-state index is 12.3. The number of nitrogens with zero attached hydrogens (tertiary/aromatic N) is 2. The van der Waals surface area contributed by atoms with E-state index in [-0.39, 0.29) is 5.91 Å². The van der Waals surface area contributed by atoms with Gasteiger partial charge in [0.25, 0.3) is 0 Å². The van der Waals surface area contributed by atoms with Gasteiger partial charge in [0.2, 0.25) is 5.91 Å². The van der Waals surface area contributed by atoms with Gasteiger partial charge < -0.3 is 15.1 Å². The molecule has 1 amide bonds. The van der Waals surface area contributed by atoms with E-state index in [0.717, 1.165) is 32.4 Å². The summed E-state index contributed by atoms with van der Waals surface area (Å²) >= 11 is 0. The zero-order valence-electron chi connectivity index (χ0n) is 14.9. The maximum Gasteiger partial charge on any atom is 0.239 e. The molecule has 4 heteroatoms. The van der Waals surface area contributed by atoms with Crippen LogP contribution in [0.1, 0.15) is 18.4 Å². The summed E-state index contributed by atoms with van der Waals surface area (Å²) in [5.74, 6) is 0.110. The Morgan fingerprint density at radius 2 is 1.88 bits per heavy atom. The molecule has 0 fully saturated rings. The lowest BCUT2D eigenvalue weighted by Crippen LogP contribution is -2.40. The second-order valence-corrected chi connectivity index (χ2v) is 6.61. The first-order valence-corrected chi connectivity index (χ1v) is 9.10. The van der Waals surface area contributed by atoms with Gasteiger partial charge >= 0.3 is 0 Å². The van der Waals surface area contributed by atoms with Crippen LogP contribution in [0.5, 0.6) is 0 Å². The topological polar surface area (TPSA) is 35.6 Å². The zero-order chi connectivity index (χ0) is 17.5. The van der Waals surface area contributed by atoms with Crippen molar-refractivity contribution in [3.8, 4) is 0 Å². The van der Waals surface area contributed by atoms with E-state index in [2.05, 4.69) is 58.6 Å². The first kappa shape index (κ1) is 17.3. The Morgan fingerprint density at radius 1 is 1.12 bits per heavy atom. The second-order valence-electron chi connectivity index (χ2n) is 6.61. The maximum absolute atomic E-state index is 12.3. The lowest BCUT2D eigenvalue weighted by molar-refractivity contribution is -0.119. The van der Waals surface area contributed by atoms with E-state index in [4.69, 9.17) is 0 Å². The number of amides is 1. The minimum Gasteiger partial charge on any atom is -0.375 e. The Bertz CT molecular complexity index is 687. The van der Waals surface area contributed by atoms with Crippen molar-refractivity contribution in [3.63, 3.8) is 0 Å². The average molecular weight is 337 g/mol. The van der Waals surface area contributed by atoms with Crippen molar-refractivity contribution in [3.05, 3.63) is 60.2 Å². The molecule has 132 valence electrons. The first-order chi connectivity index (χ1) is 12.2. The molecular formula is C21H27N3O. The smallest absolute Gasteiger partial charge is 0.239 e. The summed E-state index contributed by atoms with van der Waals surface area (Å²) in [6.45, 7) is 3.05. The van der Waals surface area contributed by atoms with Crippen molar-refractivity contribution in [1.29, 1.82) is 0 Å². The van der Waals surface area contributed by atoms with Crippen LogP contribution in [0.4, 0.5) is 11.4 Å². The fourth-order valence-electron chi connectivity index (χ4n) is 3.36. The number of benzene rings is 2. The summed E-state index contributed by atoms with van der Waals surface area (Å²) in [4.78, 5) is 16.7. The highest BCUT2D eigenvalue weighted by molar-refractivity contribution is 5.81. The molecule has 0 bridgehead atoms. The van der Waals surface area contributed by atoms with Gasteiger partial charge in [-0.25, -0.2) is 0 Å². The quantitative estimate of drug-likeness (QED) is 0.789. The molecule has 25 heavy (non-hydrogen) atoms. The van der Waals surface area contributed by atoms with Crippen LogP contribution in [0.2, 0.25) is 0 Å². The van der Waals surface area contributed by atoms with E-state index < -0.39 is 0 Å². The molecule has 1 aliphatic rings. The van der Waals surface area contributed by atoms with Crippen molar-refractivity contribution < 1.29 is 4.79 Å². The van der Waals surface area contributed by atoms with Crippen LogP contribution in [0.3, 0.4) is 0 Å². The van der Waals surface area contributed by atoms with Gasteiger partial charge in [0.15, 0.2) is 0 Å². The van der Waals surface area contributed by atoms with Crippen molar-refractivity contribution in [2.24, 2.45) is 0 Å². The van der Waals surface area contributed by atoms with Gasteiger partial charge in [-0.15, -0.1) is 0 Å². The van der Waals surface area contributed by atoms with Crippen LogP contribution < -0.4 is 15.1 Å². The van der Waals surface area contributed by atoms with Crippen molar-refractivity contribution in [2.45, 2.75) is 19.3 Å². The van der Waals surface area contributed by atoms with E-state index in [1.807, 2.05) is 18.2 Å². The third-order valence-corrected chi connectivity index (χ3v) is 4.73. The van der Waals surface area contributed by atoms with Gasteiger partial charge in [-0.3, -0.25) is 4.79 Å². The largest absolute Gasteiger partial charge is 0.375 e. The highest BCUT2D eigenvalue weighted by Crippen LogP contribution is 2.26. The molecule has 0 saturated carbocycles. The fraction of sp³-hybridized carbons (Fsp3) is 0.381. The van der Waals surface area contributed by atoms with E-state index in [1.165, 1.54) is 16.9 Å². The second kappa shape index (κ2) is 8.56. The number of aryl methyl sites for hydroxylation is 1. The number of rotatable bonds is 7. The van der Waals surface area contributed by atoms with Gasteiger partial charge in [-0.2, -0.15) is 0 Å². The molecule has 0 aromatic heterocycles. The Hall–Kier alpha value is -2.49. The molecule has 0 unspecified atom stereocenters. The fourth-order valence-corrected chi connectivity index (χ4v) is 3.36. The number of fused-ring (bicyclic) bond motifs is 1. The molecule has 0 spiro atoms. The van der Waals surface area contributed by atoms with E-state index in [9.17, 15) is 4.79 Å². The molecule has 0 radical (unpaired) electrons. The number of nitrogens with one attached hydrogen (secondary N) is 1. The number of carbonyl (C=O) groups is 1. The number of carbonyl (C=O) groups excluding carboxylic acids is 1. The van der Waals surface area contributed by atoms with E-state index in [0.29, 0.717) is 13.1 Å². The van der Waals surface area contributed by atoms with Crippen molar-refractivity contribution >= 4 is 17.3 Å². The average Bonchev–Trinajstić information content (AvgIpc) is 2.66. The zero-order valence-corrected chi connectivity index (χ0v) is 14.9. The molecule has 2 aromatic rings. The monoisotopic (exact) mass is 337 g/mol. The van der Waals surface area contributed by atoms with Gasteiger partial charge in [0.1, 0.15) is 0 Å². The predicted molar refractivity (Wildman–Crippen MR) is 104 cm³/mol. The molecule has 2 aromatic carbocycles. The Labute approximate surface area is 150 Å². The summed E-state index contributed by atoms with van der Waals surface area (Å²) in [6.07, 6.45) is 3.17. The summed E-state index contributed by atoms with van der Waals surface area (Å²) in [6, 6.07) is 18.7. The number of para-hydroxylation sites is 2. The Balaban J connectivity index is 1.40. The standard InChI is InChI=1S/C21H27N3O/c1-23(19-11-3-2-4-12-19)15-8-14-22-21(25)17-24-16-7-10-18-9-5-6-13-20(18)24/h2-6,9,11-13H,7-8,10,14-17H2,1H3,(H,22,25). The lowest BCUT2D eigenvalue weighted by Gasteiger charge is -2.30. The molecule has 0 atom stereocenters. The third-order valence-electron chi connectivity index (χ3n) is 4.73. The Kier molecular flexibility index (Phi) is 5.94. The number of hydrogen-bond donors (Lipinski definition) is 1. The predicted octanol–water partition coefficient (Wildman–Crippen LogP) is 3.08. The summed E-state index contributed by atoms with van der Waals surface area (Å²) in [5.41, 5.74) is 3.78. The number of anilines is 2. The minimum atomic E-state index is 0.110. The Morgan fingerprint density at radius 3 is 2.72 bits per heavy atom. The number of hydrogen-bond acceptors (Lipinski definition) is 3. The van der Waals surface area contributed by atoms with Crippen LogP contribution in [-0.2, 0) is 11.2 Å². The summed E-state index contributed by atoms with van der Waals surface area (Å²) in [5, 5.41) is 3.06. The van der Waals surface area contributed by atoms with Gasteiger partial charge in [0, 0.05) is 38.1 Å². The third kappa shape index (κ3) is 4.75. The van der Waals surface area contributed by atoms with Crippen LogP contribution in [0.25, 0.3) is 0 Å². The van der Waals surface area contributed by atoms with Crippen LogP contribution in [0, 0.1) is 0 Å². The van der Waals surface area contributed by atoms with Crippen molar-refractivity contribution in [2.75, 3.05) is 43.0 Å². The van der Waals surface area contributed by atoms with Gasteiger partial charge in [0.05, 0.1) is 6.54 Å².